The second kappa shape index (κ2) is 9.07. The Morgan fingerprint density at radius 1 is 1.23 bits per heavy atom. The molecule has 1 aliphatic rings. The van der Waals surface area contributed by atoms with Crippen molar-refractivity contribution in [3.63, 3.8) is 0 Å². The van der Waals surface area contributed by atoms with Gasteiger partial charge in [-0.3, -0.25) is 4.79 Å². The van der Waals surface area contributed by atoms with E-state index < -0.39 is 5.41 Å². The number of ether oxygens (including phenoxy) is 1. The zero-order chi connectivity index (χ0) is 17.7. The van der Waals surface area contributed by atoms with Crippen LogP contribution in [0, 0.1) is 12.3 Å². The van der Waals surface area contributed by atoms with Crippen molar-refractivity contribution in [2.75, 3.05) is 32.1 Å². The van der Waals surface area contributed by atoms with Crippen molar-refractivity contribution in [3.05, 3.63) is 42.2 Å². The lowest BCUT2D eigenvalue weighted by molar-refractivity contribution is -0.130. The molecule has 1 amide bonds. The van der Waals surface area contributed by atoms with E-state index in [9.17, 15) is 4.79 Å². The number of methoxy groups -OCH3 is 1. The van der Waals surface area contributed by atoms with E-state index in [0.717, 1.165) is 42.9 Å². The molecule has 2 heterocycles. The molecule has 1 fully saturated rings. The summed E-state index contributed by atoms with van der Waals surface area (Å²) in [6, 6.07) is 9.50. The molecule has 0 radical (unpaired) electrons. The van der Waals surface area contributed by atoms with E-state index >= 15 is 0 Å². The number of benzene rings is 1. The van der Waals surface area contributed by atoms with E-state index in [4.69, 9.17) is 4.74 Å². The minimum atomic E-state index is -0.460. The van der Waals surface area contributed by atoms with Crippen LogP contribution >= 0.6 is 12.4 Å². The molecule has 0 aliphatic carbocycles. The Morgan fingerprint density at radius 2 is 1.92 bits per heavy atom. The van der Waals surface area contributed by atoms with Gasteiger partial charge in [0, 0.05) is 30.3 Å². The molecule has 1 aromatic carbocycles. The van der Waals surface area contributed by atoms with E-state index in [1.165, 1.54) is 0 Å². The third-order valence-corrected chi connectivity index (χ3v) is 4.66. The van der Waals surface area contributed by atoms with Crippen molar-refractivity contribution >= 4 is 24.0 Å². The Morgan fingerprint density at radius 3 is 2.54 bits per heavy atom. The molecule has 0 atom stereocenters. The van der Waals surface area contributed by atoms with Crippen LogP contribution < -0.4 is 10.6 Å². The maximum absolute atomic E-state index is 12.8. The van der Waals surface area contributed by atoms with Gasteiger partial charge in [-0.1, -0.05) is 0 Å². The van der Waals surface area contributed by atoms with E-state index in [-0.39, 0.29) is 18.3 Å². The second-order valence-electron chi connectivity index (χ2n) is 6.52. The highest BCUT2D eigenvalue weighted by atomic mass is 35.5. The fraction of sp³-hybridized carbons (Fsp3) is 0.421. The van der Waals surface area contributed by atoms with E-state index in [0.29, 0.717) is 12.4 Å². The number of carbonyl (C=O) groups excluding carboxylic acids is 1. The van der Waals surface area contributed by atoms with Crippen LogP contribution in [-0.2, 0) is 9.53 Å². The highest BCUT2D eigenvalue weighted by Crippen LogP contribution is 2.31. The molecule has 0 saturated carbocycles. The number of anilines is 1. The predicted octanol–water partition coefficient (Wildman–Crippen LogP) is 2.83. The summed E-state index contributed by atoms with van der Waals surface area (Å²) in [5.41, 5.74) is 2.17. The monoisotopic (exact) mass is 376 g/mol. The topological polar surface area (TPSA) is 76.1 Å². The minimum Gasteiger partial charge on any atom is -0.384 e. The van der Waals surface area contributed by atoms with Gasteiger partial charge in [-0.2, -0.15) is 0 Å². The summed E-state index contributed by atoms with van der Waals surface area (Å²) in [5.74, 6) is 0.711. The number of nitrogens with zero attached hydrogens (tertiary/aromatic N) is 2. The summed E-state index contributed by atoms with van der Waals surface area (Å²) in [4.78, 5) is 21.5. The fourth-order valence-corrected chi connectivity index (χ4v) is 3.17. The van der Waals surface area contributed by atoms with Gasteiger partial charge >= 0.3 is 0 Å². The van der Waals surface area contributed by atoms with Gasteiger partial charge in [0.05, 0.1) is 12.0 Å². The minimum absolute atomic E-state index is 0. The van der Waals surface area contributed by atoms with Crippen molar-refractivity contribution in [2.24, 2.45) is 5.41 Å². The van der Waals surface area contributed by atoms with Crippen LogP contribution in [0.15, 0.2) is 36.5 Å². The van der Waals surface area contributed by atoms with Gasteiger partial charge in [-0.05, 0) is 63.2 Å². The van der Waals surface area contributed by atoms with E-state index in [1.54, 1.807) is 13.3 Å². The van der Waals surface area contributed by atoms with Crippen LogP contribution in [0.25, 0.3) is 11.4 Å². The molecule has 0 bridgehead atoms. The molecular weight excluding hydrogens is 352 g/mol. The molecule has 3 rings (SSSR count). The molecule has 2 N–H and O–H groups in total. The first kappa shape index (κ1) is 20.3. The van der Waals surface area contributed by atoms with Crippen molar-refractivity contribution in [2.45, 2.75) is 19.8 Å². The fourth-order valence-electron chi connectivity index (χ4n) is 3.17. The summed E-state index contributed by atoms with van der Waals surface area (Å²) in [5, 5.41) is 6.34. The SMILES string of the molecule is COCC1(C(=O)Nc2ccc(-c3nccc(C)n3)cc2)CCNCC1.Cl. The smallest absolute Gasteiger partial charge is 0.233 e. The van der Waals surface area contributed by atoms with Crippen LogP contribution in [0.3, 0.4) is 0 Å². The number of piperidine rings is 1. The first-order chi connectivity index (χ1) is 12.1. The summed E-state index contributed by atoms with van der Waals surface area (Å²) in [6.45, 7) is 4.05. The van der Waals surface area contributed by atoms with Crippen molar-refractivity contribution in [1.29, 1.82) is 0 Å². The van der Waals surface area contributed by atoms with Crippen LogP contribution in [0.5, 0.6) is 0 Å². The number of nitrogens with one attached hydrogen (secondary N) is 2. The van der Waals surface area contributed by atoms with Gasteiger partial charge in [0.15, 0.2) is 5.82 Å². The van der Waals surface area contributed by atoms with Gasteiger partial charge < -0.3 is 15.4 Å². The largest absolute Gasteiger partial charge is 0.384 e. The van der Waals surface area contributed by atoms with Crippen LogP contribution in [0.4, 0.5) is 5.69 Å². The lowest BCUT2D eigenvalue weighted by atomic mass is 9.78. The first-order valence-electron chi connectivity index (χ1n) is 8.54. The summed E-state index contributed by atoms with van der Waals surface area (Å²) in [6.07, 6.45) is 3.31. The molecule has 7 heteroatoms. The number of hydrogen-bond acceptors (Lipinski definition) is 5. The van der Waals surface area contributed by atoms with Crippen molar-refractivity contribution < 1.29 is 9.53 Å². The lowest BCUT2D eigenvalue weighted by Crippen LogP contribution is -2.47. The molecule has 1 saturated heterocycles. The standard InChI is InChI=1S/C19H24N4O2.ClH/c1-14-7-10-21-17(22-14)15-3-5-16(6-4-15)23-18(24)19(13-25-2)8-11-20-12-9-19;/h3-7,10,20H,8-9,11-13H2,1-2H3,(H,23,24);1H. The van der Waals surface area contributed by atoms with E-state index in [1.807, 2.05) is 37.3 Å². The Kier molecular flexibility index (Phi) is 7.08. The maximum atomic E-state index is 12.8. The molecular formula is C19H25ClN4O2. The van der Waals surface area contributed by atoms with Crippen LogP contribution in [-0.4, -0.2) is 42.7 Å². The van der Waals surface area contributed by atoms with Crippen LogP contribution in [0.1, 0.15) is 18.5 Å². The van der Waals surface area contributed by atoms with Crippen LogP contribution in [0.2, 0.25) is 0 Å². The summed E-state index contributed by atoms with van der Waals surface area (Å²) >= 11 is 0. The molecule has 140 valence electrons. The zero-order valence-electron chi connectivity index (χ0n) is 15.1. The number of aromatic nitrogens is 2. The van der Waals surface area contributed by atoms with Gasteiger partial charge in [0.25, 0.3) is 0 Å². The number of halogens is 1. The Hall–Kier alpha value is -2.02. The average Bonchev–Trinajstić information content (AvgIpc) is 2.63. The second-order valence-corrected chi connectivity index (χ2v) is 6.52. The van der Waals surface area contributed by atoms with Gasteiger partial charge in [-0.25, -0.2) is 9.97 Å². The molecule has 1 aromatic heterocycles. The average molecular weight is 377 g/mol. The Balaban J connectivity index is 0.00000243. The zero-order valence-corrected chi connectivity index (χ0v) is 15.9. The van der Waals surface area contributed by atoms with Crippen molar-refractivity contribution in [1.82, 2.24) is 15.3 Å². The maximum Gasteiger partial charge on any atom is 0.233 e. The predicted molar refractivity (Wildman–Crippen MR) is 104 cm³/mol. The van der Waals surface area contributed by atoms with Gasteiger partial charge in [0.2, 0.25) is 5.91 Å². The number of amides is 1. The molecule has 6 nitrogen and oxygen atoms in total. The molecule has 0 unspecified atom stereocenters. The molecule has 0 spiro atoms. The highest BCUT2D eigenvalue weighted by Gasteiger charge is 2.39. The lowest BCUT2D eigenvalue weighted by Gasteiger charge is -2.35. The van der Waals surface area contributed by atoms with Crippen molar-refractivity contribution in [3.8, 4) is 11.4 Å². The Bertz CT molecular complexity index is 725. The number of hydrogen-bond donors (Lipinski definition) is 2. The van der Waals surface area contributed by atoms with Gasteiger partial charge in [-0.15, -0.1) is 12.4 Å². The quantitative estimate of drug-likeness (QED) is 0.839. The highest BCUT2D eigenvalue weighted by molar-refractivity contribution is 5.95. The summed E-state index contributed by atoms with van der Waals surface area (Å²) in [7, 11) is 1.65. The first-order valence-corrected chi connectivity index (χ1v) is 8.54. The number of carbonyl (C=O) groups is 1. The van der Waals surface area contributed by atoms with E-state index in [2.05, 4.69) is 20.6 Å². The third kappa shape index (κ3) is 4.58. The molecule has 1 aliphatic heterocycles. The summed E-state index contributed by atoms with van der Waals surface area (Å²) < 4.78 is 5.33. The molecule has 2 aromatic rings. The molecule has 26 heavy (non-hydrogen) atoms. The number of rotatable bonds is 5. The Labute approximate surface area is 160 Å². The number of aryl methyl sites for hydroxylation is 1. The normalized spacial score (nSPS) is 15.8. The third-order valence-electron chi connectivity index (χ3n) is 4.66. The van der Waals surface area contributed by atoms with Gasteiger partial charge in [0.1, 0.15) is 0 Å².